The van der Waals surface area contributed by atoms with Gasteiger partial charge >= 0.3 is 11.9 Å². The molecule has 2 unspecified atom stereocenters. The first-order valence-corrected chi connectivity index (χ1v) is 9.10. The molecule has 0 aromatic heterocycles. The van der Waals surface area contributed by atoms with Gasteiger partial charge in [-0.15, -0.1) is 0 Å². The average Bonchev–Trinajstić information content (AvgIpc) is 3.28. The van der Waals surface area contributed by atoms with Crippen molar-refractivity contribution in [3.8, 4) is 0 Å². The second-order valence-electron chi connectivity index (χ2n) is 6.73. The van der Waals surface area contributed by atoms with Gasteiger partial charge < -0.3 is 14.8 Å². The van der Waals surface area contributed by atoms with Crippen LogP contribution in [0.3, 0.4) is 0 Å². The minimum atomic E-state index is -0.944. The minimum absolute atomic E-state index is 0.160. The molecular weight excluding hydrogens is 376 g/mol. The fraction of sp³-hybridized carbons (Fsp3) is 0.238. The Morgan fingerprint density at radius 2 is 1.83 bits per heavy atom. The molecule has 2 aromatic carbocycles. The smallest absolute Gasteiger partial charge is 0.340 e. The van der Waals surface area contributed by atoms with Crippen LogP contribution >= 0.6 is 0 Å². The number of para-hydroxylation sites is 1. The number of ether oxygens (including phenoxy) is 2. The normalized spacial score (nSPS) is 20.2. The molecule has 2 atom stereocenters. The first-order valence-electron chi connectivity index (χ1n) is 9.10. The van der Waals surface area contributed by atoms with Gasteiger partial charge in [-0.25, -0.2) is 9.59 Å². The molecule has 2 aliphatic heterocycles. The van der Waals surface area contributed by atoms with Crippen LogP contribution in [0.2, 0.25) is 0 Å². The summed E-state index contributed by atoms with van der Waals surface area (Å²) in [5.74, 6) is -1.85. The molecule has 2 aromatic rings. The molecule has 0 spiro atoms. The van der Waals surface area contributed by atoms with Crippen molar-refractivity contribution in [2.24, 2.45) is 0 Å². The second-order valence-corrected chi connectivity index (χ2v) is 6.73. The lowest BCUT2D eigenvalue weighted by Crippen LogP contribution is -2.44. The van der Waals surface area contributed by atoms with Crippen LogP contribution in [0, 0.1) is 0 Å². The topological polar surface area (TPSA) is 102 Å². The van der Waals surface area contributed by atoms with Gasteiger partial charge in [-0.3, -0.25) is 14.5 Å². The number of methoxy groups -OCH3 is 1. The molecular formula is C21H18N2O6. The van der Waals surface area contributed by atoms with Crippen LogP contribution in [-0.2, 0) is 19.1 Å². The highest BCUT2D eigenvalue weighted by Gasteiger charge is 2.46. The highest BCUT2D eigenvalue weighted by molar-refractivity contribution is 6.04. The third-order valence-corrected chi connectivity index (χ3v) is 5.07. The van der Waals surface area contributed by atoms with E-state index in [1.165, 1.54) is 18.1 Å². The Balaban J connectivity index is 1.61. The number of esters is 2. The van der Waals surface area contributed by atoms with E-state index < -0.39 is 30.1 Å². The number of cyclic esters (lactones) is 1. The quantitative estimate of drug-likeness (QED) is 0.799. The third-order valence-electron chi connectivity index (χ3n) is 5.07. The van der Waals surface area contributed by atoms with Gasteiger partial charge in [0.1, 0.15) is 6.04 Å². The molecule has 8 heteroatoms. The van der Waals surface area contributed by atoms with E-state index in [1.54, 1.807) is 42.5 Å². The zero-order valence-electron chi connectivity index (χ0n) is 15.6. The molecule has 29 heavy (non-hydrogen) atoms. The number of hydrogen-bond donors (Lipinski definition) is 1. The number of rotatable bonds is 4. The molecule has 2 aliphatic rings. The zero-order chi connectivity index (χ0) is 20.5. The summed E-state index contributed by atoms with van der Waals surface area (Å²) in [6.07, 6.45) is -0.505. The molecule has 0 saturated carbocycles. The van der Waals surface area contributed by atoms with Crippen LogP contribution in [0.25, 0.3) is 0 Å². The van der Waals surface area contributed by atoms with Crippen LogP contribution in [0.4, 0.5) is 5.69 Å². The summed E-state index contributed by atoms with van der Waals surface area (Å²) in [7, 11) is 1.25. The van der Waals surface area contributed by atoms with E-state index in [0.717, 1.165) is 0 Å². The van der Waals surface area contributed by atoms with Crippen molar-refractivity contribution in [1.82, 2.24) is 4.90 Å². The molecule has 8 nitrogen and oxygen atoms in total. The van der Waals surface area contributed by atoms with Crippen LogP contribution in [0.15, 0.2) is 48.5 Å². The number of amides is 2. The maximum Gasteiger partial charge on any atom is 0.340 e. The molecule has 1 saturated heterocycles. The summed E-state index contributed by atoms with van der Waals surface area (Å²) in [4.78, 5) is 50.9. The van der Waals surface area contributed by atoms with E-state index >= 15 is 0 Å². The van der Waals surface area contributed by atoms with Crippen molar-refractivity contribution in [2.75, 3.05) is 12.4 Å². The van der Waals surface area contributed by atoms with Gasteiger partial charge in [0.2, 0.25) is 18.0 Å². The van der Waals surface area contributed by atoms with Crippen molar-refractivity contribution in [3.63, 3.8) is 0 Å². The van der Waals surface area contributed by atoms with Crippen molar-refractivity contribution in [3.05, 3.63) is 65.2 Å². The summed E-state index contributed by atoms with van der Waals surface area (Å²) in [5, 5.41) is 2.70. The average molecular weight is 394 g/mol. The lowest BCUT2D eigenvalue weighted by Gasteiger charge is -2.29. The standard InChI is InChI=1S/C21H18N2O6/c1-28-20(26)14-8-4-5-9-15(14)22-18(25)16-10-11-17(24)23(16)19-12-6-2-3-7-13(12)21(27)29-19/h2-9,16,19H,10-11H2,1H3,(H,22,25). The zero-order valence-corrected chi connectivity index (χ0v) is 15.6. The van der Waals surface area contributed by atoms with E-state index in [1.807, 2.05) is 0 Å². The maximum absolute atomic E-state index is 13.0. The third kappa shape index (κ3) is 3.22. The fourth-order valence-electron chi connectivity index (χ4n) is 3.68. The Morgan fingerprint density at radius 3 is 2.62 bits per heavy atom. The van der Waals surface area contributed by atoms with Crippen LogP contribution in [0.1, 0.15) is 45.3 Å². The monoisotopic (exact) mass is 394 g/mol. The lowest BCUT2D eigenvalue weighted by molar-refractivity contribution is -0.144. The van der Waals surface area contributed by atoms with E-state index in [2.05, 4.69) is 5.32 Å². The van der Waals surface area contributed by atoms with Crippen LogP contribution in [0.5, 0.6) is 0 Å². The van der Waals surface area contributed by atoms with Gasteiger partial charge in [0, 0.05) is 12.0 Å². The van der Waals surface area contributed by atoms with Crippen LogP contribution in [-0.4, -0.2) is 41.8 Å². The molecule has 0 bridgehead atoms. The van der Waals surface area contributed by atoms with E-state index in [4.69, 9.17) is 9.47 Å². The number of benzene rings is 2. The number of likely N-dealkylation sites (tertiary alicyclic amines) is 1. The summed E-state index contributed by atoms with van der Waals surface area (Å²) >= 11 is 0. The van der Waals surface area contributed by atoms with Gasteiger partial charge in [-0.1, -0.05) is 30.3 Å². The molecule has 0 aliphatic carbocycles. The van der Waals surface area contributed by atoms with Crippen molar-refractivity contribution in [2.45, 2.75) is 25.1 Å². The predicted molar refractivity (Wildman–Crippen MR) is 101 cm³/mol. The Kier molecular flexibility index (Phi) is 4.75. The second kappa shape index (κ2) is 7.38. The van der Waals surface area contributed by atoms with Gasteiger partial charge in [-0.2, -0.15) is 0 Å². The number of carbonyl (C=O) groups excluding carboxylic acids is 4. The van der Waals surface area contributed by atoms with Crippen molar-refractivity contribution in [1.29, 1.82) is 0 Å². The molecule has 0 radical (unpaired) electrons. The summed E-state index contributed by atoms with van der Waals surface area (Å²) in [6.45, 7) is 0. The number of nitrogens with zero attached hydrogens (tertiary/aromatic N) is 1. The number of hydrogen-bond acceptors (Lipinski definition) is 6. The molecule has 4 rings (SSSR count). The number of fused-ring (bicyclic) bond motifs is 1. The first kappa shape index (κ1) is 18.7. The number of carbonyl (C=O) groups is 4. The number of anilines is 1. The summed E-state index contributed by atoms with van der Waals surface area (Å²) < 4.78 is 10.2. The Hall–Kier alpha value is -3.68. The SMILES string of the molecule is COC(=O)c1ccccc1NC(=O)C1CCC(=O)N1C1OC(=O)c2ccccc21. The van der Waals surface area contributed by atoms with Crippen molar-refractivity contribution >= 4 is 29.4 Å². The van der Waals surface area contributed by atoms with E-state index in [0.29, 0.717) is 11.1 Å². The largest absolute Gasteiger partial charge is 0.465 e. The highest BCUT2D eigenvalue weighted by Crippen LogP contribution is 2.38. The van der Waals surface area contributed by atoms with Crippen LogP contribution < -0.4 is 5.32 Å². The van der Waals surface area contributed by atoms with E-state index in [9.17, 15) is 19.2 Å². The Morgan fingerprint density at radius 1 is 1.10 bits per heavy atom. The Bertz CT molecular complexity index is 1020. The minimum Gasteiger partial charge on any atom is -0.465 e. The van der Waals surface area contributed by atoms with Crippen molar-refractivity contribution < 1.29 is 28.7 Å². The fourth-order valence-corrected chi connectivity index (χ4v) is 3.68. The molecule has 148 valence electrons. The maximum atomic E-state index is 13.0. The molecule has 2 amide bonds. The summed E-state index contributed by atoms with van der Waals surface area (Å²) in [6, 6.07) is 12.4. The molecule has 1 N–H and O–H groups in total. The van der Waals surface area contributed by atoms with Gasteiger partial charge in [0.25, 0.3) is 0 Å². The highest BCUT2D eigenvalue weighted by atomic mass is 16.6. The Labute approximate surface area is 166 Å². The summed E-state index contributed by atoms with van der Waals surface area (Å²) in [5.41, 5.74) is 1.43. The molecule has 2 heterocycles. The predicted octanol–water partition coefficient (Wildman–Crippen LogP) is 2.27. The van der Waals surface area contributed by atoms with Gasteiger partial charge in [0.15, 0.2) is 0 Å². The lowest BCUT2D eigenvalue weighted by atomic mass is 10.1. The molecule has 1 fully saturated rings. The first-order chi connectivity index (χ1) is 14.0. The van der Waals surface area contributed by atoms with Gasteiger partial charge in [0.05, 0.1) is 23.9 Å². The van der Waals surface area contributed by atoms with Gasteiger partial charge in [-0.05, 0) is 24.6 Å². The number of nitrogens with one attached hydrogen (secondary N) is 1. The van der Waals surface area contributed by atoms with E-state index in [-0.39, 0.29) is 30.0 Å².